The van der Waals surface area contributed by atoms with Crippen LogP contribution >= 0.6 is 0 Å². The van der Waals surface area contributed by atoms with E-state index in [0.717, 1.165) is 23.7 Å². The molecule has 0 aromatic heterocycles. The zero-order chi connectivity index (χ0) is 21.2. The lowest BCUT2D eigenvalue weighted by molar-refractivity contribution is -0.137. The van der Waals surface area contributed by atoms with Gasteiger partial charge in [-0.1, -0.05) is 13.8 Å². The summed E-state index contributed by atoms with van der Waals surface area (Å²) in [6.45, 7) is 6.42. The predicted octanol–water partition coefficient (Wildman–Crippen LogP) is 3.71. The Morgan fingerprint density at radius 2 is 1.90 bits per heavy atom. The molecule has 0 spiro atoms. The van der Waals surface area contributed by atoms with Crippen LogP contribution in [0.25, 0.3) is 0 Å². The number of anilines is 1. The number of rotatable bonds is 5. The molecule has 4 nitrogen and oxygen atoms in total. The van der Waals surface area contributed by atoms with E-state index in [1.54, 1.807) is 6.07 Å². The van der Waals surface area contributed by atoms with E-state index in [0.29, 0.717) is 56.4 Å². The van der Waals surface area contributed by atoms with E-state index >= 15 is 0 Å². The molecule has 1 amide bonds. The van der Waals surface area contributed by atoms with Gasteiger partial charge in [0.15, 0.2) is 0 Å². The molecule has 0 N–H and O–H groups in total. The number of benzene rings is 1. The van der Waals surface area contributed by atoms with Crippen molar-refractivity contribution < 1.29 is 22.2 Å². The zero-order valence-electron chi connectivity index (χ0n) is 17.0. The Balaban J connectivity index is 1.70. The van der Waals surface area contributed by atoms with Crippen molar-refractivity contribution in [1.82, 2.24) is 4.90 Å². The first kappa shape index (κ1) is 22.1. The van der Waals surface area contributed by atoms with Gasteiger partial charge in [-0.2, -0.15) is 13.2 Å². The van der Waals surface area contributed by atoms with Gasteiger partial charge in [-0.05, 0) is 48.9 Å². The third-order valence-corrected chi connectivity index (χ3v) is 7.23. The summed E-state index contributed by atoms with van der Waals surface area (Å²) in [6, 6.07) is 4.01. The lowest BCUT2D eigenvalue weighted by Gasteiger charge is -2.38. The number of carbonyl (C=O) groups excluding carboxylic acids is 1. The van der Waals surface area contributed by atoms with E-state index in [2.05, 4.69) is 18.7 Å². The maximum Gasteiger partial charge on any atom is 0.416 e. The van der Waals surface area contributed by atoms with E-state index < -0.39 is 22.5 Å². The molecule has 1 aromatic carbocycles. The summed E-state index contributed by atoms with van der Waals surface area (Å²) in [5.74, 6) is 1.39. The van der Waals surface area contributed by atoms with Crippen molar-refractivity contribution in [1.29, 1.82) is 0 Å². The van der Waals surface area contributed by atoms with Crippen LogP contribution < -0.4 is 4.90 Å². The second kappa shape index (κ2) is 9.06. The van der Waals surface area contributed by atoms with Crippen molar-refractivity contribution in [2.24, 2.45) is 11.8 Å². The highest BCUT2D eigenvalue weighted by Gasteiger charge is 2.34. The number of hydrogen-bond acceptors (Lipinski definition) is 3. The molecule has 0 saturated carbocycles. The first-order valence-corrected chi connectivity index (χ1v) is 11.7. The molecule has 1 aromatic rings. The van der Waals surface area contributed by atoms with Crippen LogP contribution in [0.1, 0.15) is 37.8 Å². The quantitative estimate of drug-likeness (QED) is 0.715. The number of halogens is 3. The Morgan fingerprint density at radius 3 is 2.45 bits per heavy atom. The van der Waals surface area contributed by atoms with Crippen molar-refractivity contribution in [3.05, 3.63) is 29.3 Å². The number of aryl methyl sites for hydroxylation is 1. The zero-order valence-corrected chi connectivity index (χ0v) is 17.8. The SMILES string of the molecule is CC(C)CCc1cc(C(F)(F)F)ccc1N1CCN(C(=O)C2CCS(=O)C2)CC1. The van der Waals surface area contributed by atoms with E-state index in [9.17, 15) is 22.2 Å². The van der Waals surface area contributed by atoms with Crippen molar-refractivity contribution >= 4 is 22.4 Å². The standard InChI is InChI=1S/C21H29F3N2O2S/c1-15(2)3-4-16-13-18(21(22,23)24)5-6-19(16)25-8-10-26(11-9-25)20(27)17-7-12-29(28)14-17/h5-6,13,15,17H,3-4,7-12,14H2,1-2H3. The second-order valence-electron chi connectivity index (χ2n) is 8.38. The average molecular weight is 431 g/mol. The van der Waals surface area contributed by atoms with E-state index in [1.807, 2.05) is 4.90 Å². The Kier molecular flexibility index (Phi) is 6.91. The Hall–Kier alpha value is -1.57. The molecular formula is C21H29F3N2O2S. The van der Waals surface area contributed by atoms with Gasteiger partial charge >= 0.3 is 6.18 Å². The number of piperazine rings is 1. The van der Waals surface area contributed by atoms with Gasteiger partial charge in [0.2, 0.25) is 5.91 Å². The summed E-state index contributed by atoms with van der Waals surface area (Å²) in [5, 5.41) is 0. The van der Waals surface area contributed by atoms with Gasteiger partial charge in [-0.25, -0.2) is 0 Å². The van der Waals surface area contributed by atoms with Crippen LogP contribution in [0.4, 0.5) is 18.9 Å². The summed E-state index contributed by atoms with van der Waals surface area (Å²) in [5.41, 5.74) is 0.954. The molecule has 2 fully saturated rings. The molecule has 0 radical (unpaired) electrons. The lowest BCUT2D eigenvalue weighted by atomic mass is 9.98. The molecule has 8 heteroatoms. The minimum atomic E-state index is -4.35. The summed E-state index contributed by atoms with van der Waals surface area (Å²) in [7, 11) is -0.884. The van der Waals surface area contributed by atoms with Crippen LogP contribution in [0.15, 0.2) is 18.2 Å². The van der Waals surface area contributed by atoms with Gasteiger partial charge in [0.25, 0.3) is 0 Å². The summed E-state index contributed by atoms with van der Waals surface area (Å²) in [4.78, 5) is 16.5. The van der Waals surface area contributed by atoms with Gasteiger partial charge in [0.05, 0.1) is 11.5 Å². The minimum Gasteiger partial charge on any atom is -0.368 e. The number of nitrogens with zero attached hydrogens (tertiary/aromatic N) is 2. The smallest absolute Gasteiger partial charge is 0.368 e. The van der Waals surface area contributed by atoms with Crippen LogP contribution in [0.5, 0.6) is 0 Å². The van der Waals surface area contributed by atoms with Gasteiger partial charge < -0.3 is 9.80 Å². The Bertz CT molecular complexity index is 759. The van der Waals surface area contributed by atoms with Crippen molar-refractivity contribution in [2.75, 3.05) is 42.6 Å². The fourth-order valence-corrected chi connectivity index (χ4v) is 5.47. The van der Waals surface area contributed by atoms with Crippen LogP contribution in [-0.2, 0) is 28.2 Å². The fourth-order valence-electron chi connectivity index (χ4n) is 4.00. The summed E-state index contributed by atoms with van der Waals surface area (Å²) >= 11 is 0. The number of alkyl halides is 3. The Morgan fingerprint density at radius 1 is 1.21 bits per heavy atom. The molecule has 0 aliphatic carbocycles. The highest BCUT2D eigenvalue weighted by molar-refractivity contribution is 7.85. The fraction of sp³-hybridized carbons (Fsp3) is 0.667. The molecule has 2 aliphatic rings. The first-order chi connectivity index (χ1) is 13.6. The van der Waals surface area contributed by atoms with Crippen molar-refractivity contribution in [3.8, 4) is 0 Å². The van der Waals surface area contributed by atoms with Gasteiger partial charge in [0, 0.05) is 54.2 Å². The molecule has 2 unspecified atom stereocenters. The molecule has 0 bridgehead atoms. The molecule has 2 atom stereocenters. The number of hydrogen-bond donors (Lipinski definition) is 0. The van der Waals surface area contributed by atoms with Crippen LogP contribution in [0.3, 0.4) is 0 Å². The van der Waals surface area contributed by atoms with Crippen molar-refractivity contribution in [2.45, 2.75) is 39.3 Å². The first-order valence-electron chi connectivity index (χ1n) is 10.2. The molecule has 2 heterocycles. The van der Waals surface area contributed by atoms with Crippen LogP contribution in [0.2, 0.25) is 0 Å². The van der Waals surface area contributed by atoms with Crippen LogP contribution in [-0.4, -0.2) is 52.7 Å². The molecule has 2 aliphatic heterocycles. The van der Waals surface area contributed by atoms with Crippen LogP contribution in [0, 0.1) is 11.8 Å². The highest BCUT2D eigenvalue weighted by atomic mass is 32.2. The van der Waals surface area contributed by atoms with Crippen molar-refractivity contribution in [3.63, 3.8) is 0 Å². The third kappa shape index (κ3) is 5.53. The largest absolute Gasteiger partial charge is 0.416 e. The monoisotopic (exact) mass is 430 g/mol. The predicted molar refractivity (Wildman–Crippen MR) is 109 cm³/mol. The maximum absolute atomic E-state index is 13.2. The molecule has 29 heavy (non-hydrogen) atoms. The molecule has 3 rings (SSSR count). The Labute approximate surface area is 172 Å². The van der Waals surface area contributed by atoms with E-state index in [-0.39, 0.29) is 11.8 Å². The number of amides is 1. The summed E-state index contributed by atoms with van der Waals surface area (Å²) < 4.78 is 51.1. The van der Waals surface area contributed by atoms with E-state index in [4.69, 9.17) is 0 Å². The molecule has 162 valence electrons. The van der Waals surface area contributed by atoms with Gasteiger partial charge in [0.1, 0.15) is 0 Å². The second-order valence-corrected chi connectivity index (χ2v) is 10.0. The highest BCUT2D eigenvalue weighted by Crippen LogP contribution is 2.34. The molecule has 2 saturated heterocycles. The lowest BCUT2D eigenvalue weighted by Crippen LogP contribution is -2.50. The minimum absolute atomic E-state index is 0.0722. The topological polar surface area (TPSA) is 40.6 Å². The van der Waals surface area contributed by atoms with E-state index in [1.165, 1.54) is 6.07 Å². The third-order valence-electron chi connectivity index (χ3n) is 5.76. The number of carbonyl (C=O) groups is 1. The normalized spacial score (nSPS) is 23.1. The van der Waals surface area contributed by atoms with Gasteiger partial charge in [-0.3, -0.25) is 9.00 Å². The summed E-state index contributed by atoms with van der Waals surface area (Å²) in [6.07, 6.45) is -2.24. The average Bonchev–Trinajstić information content (AvgIpc) is 3.11. The molecular weight excluding hydrogens is 401 g/mol. The van der Waals surface area contributed by atoms with Gasteiger partial charge in [-0.15, -0.1) is 0 Å². The maximum atomic E-state index is 13.2.